The SMILES string of the molecule is CCCCCCCC/C=C/CCCCCCCC(=O)OC[C@@H](COP(=O)(O)OC[C@H](O)CO)OC(=O)CCCCCCCCCCCC. The van der Waals surface area contributed by atoms with Gasteiger partial charge in [-0.25, -0.2) is 4.57 Å². The van der Waals surface area contributed by atoms with Crippen LogP contribution in [-0.4, -0.2) is 65.7 Å². The molecule has 0 heterocycles. The number of hydrogen-bond acceptors (Lipinski definition) is 9. The summed E-state index contributed by atoms with van der Waals surface area (Å²) in [6, 6.07) is 0. The van der Waals surface area contributed by atoms with E-state index >= 15 is 0 Å². The van der Waals surface area contributed by atoms with E-state index in [-0.39, 0.29) is 19.4 Å². The first-order valence-electron chi connectivity index (χ1n) is 19.1. The van der Waals surface area contributed by atoms with Gasteiger partial charge >= 0.3 is 19.8 Å². The van der Waals surface area contributed by atoms with Crippen LogP contribution < -0.4 is 0 Å². The lowest BCUT2D eigenvalue weighted by atomic mass is 10.1. The van der Waals surface area contributed by atoms with Crippen LogP contribution in [0.25, 0.3) is 0 Å². The zero-order chi connectivity index (χ0) is 35.6. The Balaban J connectivity index is 4.34. The summed E-state index contributed by atoms with van der Waals surface area (Å²) in [5, 5.41) is 18.2. The molecule has 0 radical (unpaired) electrons. The fourth-order valence-corrected chi connectivity index (χ4v) is 5.95. The smallest absolute Gasteiger partial charge is 0.462 e. The molecule has 0 spiro atoms. The molecule has 48 heavy (non-hydrogen) atoms. The highest BCUT2D eigenvalue weighted by Crippen LogP contribution is 2.43. The third kappa shape index (κ3) is 33.2. The maximum Gasteiger partial charge on any atom is 0.472 e. The van der Waals surface area contributed by atoms with Crippen LogP contribution in [0.2, 0.25) is 0 Å². The second kappa shape index (κ2) is 34.2. The van der Waals surface area contributed by atoms with Crippen LogP contribution in [0.15, 0.2) is 12.2 Å². The Morgan fingerprint density at radius 3 is 1.50 bits per heavy atom. The number of phosphoric acid groups is 1. The summed E-state index contributed by atoms with van der Waals surface area (Å²) in [6.07, 6.45) is 29.0. The average Bonchev–Trinajstić information content (AvgIpc) is 3.07. The largest absolute Gasteiger partial charge is 0.472 e. The van der Waals surface area contributed by atoms with Gasteiger partial charge in [0.05, 0.1) is 19.8 Å². The Morgan fingerprint density at radius 1 is 0.604 bits per heavy atom. The number of hydrogen-bond donors (Lipinski definition) is 3. The molecule has 0 aliphatic heterocycles. The molecule has 11 heteroatoms. The summed E-state index contributed by atoms with van der Waals surface area (Å²) in [7, 11) is -4.60. The van der Waals surface area contributed by atoms with Gasteiger partial charge in [-0.15, -0.1) is 0 Å². The van der Waals surface area contributed by atoms with E-state index in [2.05, 4.69) is 30.5 Å². The number of carbonyl (C=O) groups excluding carboxylic acids is 2. The van der Waals surface area contributed by atoms with E-state index in [4.69, 9.17) is 19.1 Å². The molecule has 0 fully saturated rings. The van der Waals surface area contributed by atoms with Crippen molar-refractivity contribution in [2.75, 3.05) is 26.4 Å². The molecule has 1 unspecified atom stereocenters. The molecule has 284 valence electrons. The molecular formula is C37H71O10P. The van der Waals surface area contributed by atoms with Gasteiger partial charge in [-0.1, -0.05) is 135 Å². The van der Waals surface area contributed by atoms with E-state index in [9.17, 15) is 24.2 Å². The standard InChI is InChI=1S/C37H71O10P/c1-3-5-7-9-11-13-15-16-17-18-19-21-22-24-26-28-36(40)44-32-35(33-46-48(42,43)45-31-34(39)30-38)47-37(41)29-27-25-23-20-14-12-10-8-6-4-2/h16-17,34-35,38-39H,3-15,18-33H2,1-2H3,(H,42,43)/b17-16+/t34-,35+/m1/s1. The van der Waals surface area contributed by atoms with Gasteiger partial charge in [0.25, 0.3) is 0 Å². The van der Waals surface area contributed by atoms with Crippen LogP contribution in [0.4, 0.5) is 0 Å². The summed E-state index contributed by atoms with van der Waals surface area (Å²) in [5.74, 6) is -0.932. The summed E-state index contributed by atoms with van der Waals surface area (Å²) >= 11 is 0. The quantitative estimate of drug-likeness (QED) is 0.0249. The molecule has 0 saturated carbocycles. The van der Waals surface area contributed by atoms with E-state index in [0.29, 0.717) is 12.8 Å². The van der Waals surface area contributed by atoms with Crippen LogP contribution in [-0.2, 0) is 32.7 Å². The number of allylic oxidation sites excluding steroid dienone is 2. The summed E-state index contributed by atoms with van der Waals surface area (Å²) < 4.78 is 32.5. The minimum atomic E-state index is -4.60. The van der Waals surface area contributed by atoms with Crippen molar-refractivity contribution >= 4 is 19.8 Å². The molecular weight excluding hydrogens is 635 g/mol. The molecule has 0 aliphatic rings. The topological polar surface area (TPSA) is 149 Å². The number of esters is 2. The van der Waals surface area contributed by atoms with E-state index in [1.807, 2.05) is 0 Å². The maximum absolute atomic E-state index is 12.5. The van der Waals surface area contributed by atoms with Crippen LogP contribution >= 0.6 is 7.82 Å². The summed E-state index contributed by atoms with van der Waals surface area (Å²) in [5.41, 5.74) is 0. The monoisotopic (exact) mass is 706 g/mol. The highest BCUT2D eigenvalue weighted by molar-refractivity contribution is 7.47. The molecule has 0 aliphatic carbocycles. The number of phosphoric ester groups is 1. The van der Waals surface area contributed by atoms with Gasteiger partial charge in [-0.2, -0.15) is 0 Å². The molecule has 3 N–H and O–H groups in total. The Morgan fingerprint density at radius 2 is 1.02 bits per heavy atom. The Labute approximate surface area is 292 Å². The minimum Gasteiger partial charge on any atom is -0.462 e. The van der Waals surface area contributed by atoms with E-state index in [1.165, 1.54) is 83.5 Å². The van der Waals surface area contributed by atoms with Gasteiger partial charge in [0.2, 0.25) is 0 Å². The normalized spacial score (nSPS) is 14.2. The van der Waals surface area contributed by atoms with Crippen molar-refractivity contribution < 1.29 is 47.8 Å². The van der Waals surface area contributed by atoms with Gasteiger partial charge in [0.1, 0.15) is 12.7 Å². The van der Waals surface area contributed by atoms with Crippen molar-refractivity contribution in [3.63, 3.8) is 0 Å². The Hall–Kier alpha value is -1.29. The maximum atomic E-state index is 12.5. The van der Waals surface area contributed by atoms with Crippen LogP contribution in [0.1, 0.15) is 174 Å². The lowest BCUT2D eigenvalue weighted by Gasteiger charge is -2.20. The Bertz CT molecular complexity index is 822. The van der Waals surface area contributed by atoms with Crippen molar-refractivity contribution in [2.24, 2.45) is 0 Å². The van der Waals surface area contributed by atoms with Crippen LogP contribution in [0.3, 0.4) is 0 Å². The number of ether oxygens (including phenoxy) is 2. The zero-order valence-electron chi connectivity index (χ0n) is 30.5. The van der Waals surface area contributed by atoms with Crippen molar-refractivity contribution in [1.82, 2.24) is 0 Å². The van der Waals surface area contributed by atoms with Crippen molar-refractivity contribution in [3.8, 4) is 0 Å². The van der Waals surface area contributed by atoms with Crippen molar-refractivity contribution in [2.45, 2.75) is 187 Å². The number of rotatable bonds is 36. The number of unbranched alkanes of at least 4 members (excludes halogenated alkanes) is 20. The highest BCUT2D eigenvalue weighted by Gasteiger charge is 2.27. The number of aliphatic hydroxyl groups is 2. The molecule has 0 aromatic rings. The zero-order valence-corrected chi connectivity index (χ0v) is 31.4. The van der Waals surface area contributed by atoms with Crippen molar-refractivity contribution in [1.29, 1.82) is 0 Å². The van der Waals surface area contributed by atoms with E-state index in [0.717, 1.165) is 51.4 Å². The third-order valence-electron chi connectivity index (χ3n) is 8.17. The molecule has 10 nitrogen and oxygen atoms in total. The lowest BCUT2D eigenvalue weighted by molar-refractivity contribution is -0.161. The lowest BCUT2D eigenvalue weighted by Crippen LogP contribution is -2.29. The first-order chi connectivity index (χ1) is 23.2. The van der Waals surface area contributed by atoms with E-state index in [1.54, 1.807) is 0 Å². The first-order valence-corrected chi connectivity index (χ1v) is 20.6. The van der Waals surface area contributed by atoms with Gasteiger partial charge in [-0.3, -0.25) is 18.6 Å². The fraction of sp³-hybridized carbons (Fsp3) is 0.892. The fourth-order valence-electron chi connectivity index (χ4n) is 5.16. The highest BCUT2D eigenvalue weighted by atomic mass is 31.2. The molecule has 0 saturated heterocycles. The molecule has 0 aromatic carbocycles. The van der Waals surface area contributed by atoms with Gasteiger partial charge < -0.3 is 24.6 Å². The number of aliphatic hydroxyl groups excluding tert-OH is 2. The Kier molecular flexibility index (Phi) is 33.3. The van der Waals surface area contributed by atoms with Gasteiger partial charge in [0.15, 0.2) is 6.10 Å². The number of carbonyl (C=O) groups is 2. The second-order valence-electron chi connectivity index (χ2n) is 13.0. The minimum absolute atomic E-state index is 0.186. The molecule has 0 bridgehead atoms. The van der Waals surface area contributed by atoms with Crippen LogP contribution in [0.5, 0.6) is 0 Å². The molecule has 0 aromatic heterocycles. The predicted molar refractivity (Wildman–Crippen MR) is 192 cm³/mol. The molecule has 0 amide bonds. The predicted octanol–water partition coefficient (Wildman–Crippen LogP) is 9.28. The van der Waals surface area contributed by atoms with E-state index < -0.39 is 51.8 Å². The first kappa shape index (κ1) is 46.7. The average molecular weight is 707 g/mol. The van der Waals surface area contributed by atoms with Gasteiger partial charge in [0, 0.05) is 12.8 Å². The third-order valence-corrected chi connectivity index (χ3v) is 9.12. The van der Waals surface area contributed by atoms with Crippen molar-refractivity contribution in [3.05, 3.63) is 12.2 Å². The molecule has 3 atom stereocenters. The molecule has 0 rings (SSSR count). The summed E-state index contributed by atoms with van der Waals surface area (Å²) in [6.45, 7) is 2.34. The second-order valence-corrected chi connectivity index (χ2v) is 14.4. The van der Waals surface area contributed by atoms with Gasteiger partial charge in [-0.05, 0) is 38.5 Å². The van der Waals surface area contributed by atoms with Crippen LogP contribution in [0, 0.1) is 0 Å². The summed E-state index contributed by atoms with van der Waals surface area (Å²) in [4.78, 5) is 34.7.